The summed E-state index contributed by atoms with van der Waals surface area (Å²) in [7, 11) is 1.49. The molecule has 2 saturated heterocycles. The highest BCUT2D eigenvalue weighted by atomic mass is 35.5. The third kappa shape index (κ3) is 4.34. The number of aromatic nitrogens is 1. The van der Waals surface area contributed by atoms with Gasteiger partial charge in [0, 0.05) is 44.1 Å². The number of hydrogen-bond acceptors (Lipinski definition) is 7. The third-order valence-electron chi connectivity index (χ3n) is 5.75. The Morgan fingerprint density at radius 1 is 1.19 bits per heavy atom. The van der Waals surface area contributed by atoms with Gasteiger partial charge in [-0.15, -0.1) is 0 Å². The van der Waals surface area contributed by atoms with Crippen molar-refractivity contribution in [2.75, 3.05) is 46.5 Å². The van der Waals surface area contributed by atoms with E-state index in [1.807, 2.05) is 0 Å². The van der Waals surface area contributed by atoms with Crippen LogP contribution in [0, 0.1) is 0 Å². The summed E-state index contributed by atoms with van der Waals surface area (Å²) in [5.41, 5.74) is 1.06. The molecule has 9 heteroatoms. The third-order valence-corrected chi connectivity index (χ3v) is 6.04. The van der Waals surface area contributed by atoms with E-state index in [0.29, 0.717) is 48.2 Å². The molecule has 1 aromatic heterocycles. The predicted octanol–water partition coefficient (Wildman–Crippen LogP) is 2.50. The lowest BCUT2D eigenvalue weighted by atomic mass is 9.96. The number of pyridine rings is 1. The van der Waals surface area contributed by atoms with E-state index in [2.05, 4.69) is 9.88 Å². The highest BCUT2D eigenvalue weighted by molar-refractivity contribution is 6.46. The number of halogens is 1. The van der Waals surface area contributed by atoms with Crippen LogP contribution in [0.3, 0.4) is 0 Å². The van der Waals surface area contributed by atoms with Crippen LogP contribution in [0.1, 0.15) is 17.2 Å². The number of methoxy groups -OCH3 is 1. The lowest BCUT2D eigenvalue weighted by molar-refractivity contribution is -0.140. The van der Waals surface area contributed by atoms with Gasteiger partial charge in [0.1, 0.15) is 11.5 Å². The van der Waals surface area contributed by atoms with E-state index in [-0.39, 0.29) is 11.3 Å². The smallest absolute Gasteiger partial charge is 0.295 e. The molecular formula is C23H24ClN3O5. The van der Waals surface area contributed by atoms with Gasteiger partial charge in [0.25, 0.3) is 11.7 Å². The molecular weight excluding hydrogens is 434 g/mol. The molecule has 1 aromatic carbocycles. The van der Waals surface area contributed by atoms with Gasteiger partial charge in [-0.2, -0.15) is 0 Å². The van der Waals surface area contributed by atoms with Crippen LogP contribution < -0.4 is 4.74 Å². The molecule has 2 aliphatic rings. The average molecular weight is 458 g/mol. The Balaban J connectivity index is 1.72. The van der Waals surface area contributed by atoms with E-state index in [1.54, 1.807) is 36.7 Å². The number of aliphatic hydroxyl groups excluding tert-OH is 1. The number of aliphatic hydroxyl groups is 1. The van der Waals surface area contributed by atoms with Gasteiger partial charge in [0.05, 0.1) is 37.0 Å². The summed E-state index contributed by atoms with van der Waals surface area (Å²) in [5.74, 6) is -1.19. The Labute approximate surface area is 191 Å². The maximum atomic E-state index is 13.1. The van der Waals surface area contributed by atoms with Crippen molar-refractivity contribution in [3.8, 4) is 5.75 Å². The topological polar surface area (TPSA) is 92.2 Å². The quantitative estimate of drug-likeness (QED) is 0.404. The van der Waals surface area contributed by atoms with Crippen molar-refractivity contribution in [1.82, 2.24) is 14.8 Å². The number of likely N-dealkylation sites (tertiary alicyclic amines) is 1. The Kier molecular flexibility index (Phi) is 6.74. The minimum absolute atomic E-state index is 0.0319. The molecule has 8 nitrogen and oxygen atoms in total. The second kappa shape index (κ2) is 9.68. The van der Waals surface area contributed by atoms with Crippen molar-refractivity contribution in [3.05, 3.63) is 64.4 Å². The molecule has 2 fully saturated rings. The van der Waals surface area contributed by atoms with Crippen LogP contribution in [-0.2, 0) is 14.3 Å². The van der Waals surface area contributed by atoms with E-state index in [1.165, 1.54) is 18.1 Å². The molecule has 2 aliphatic heterocycles. The van der Waals surface area contributed by atoms with Crippen LogP contribution in [0.15, 0.2) is 48.3 Å². The summed E-state index contributed by atoms with van der Waals surface area (Å²) in [5, 5.41) is 11.4. The van der Waals surface area contributed by atoms with E-state index in [9.17, 15) is 14.7 Å². The summed E-state index contributed by atoms with van der Waals surface area (Å²) in [6.45, 7) is 3.78. The van der Waals surface area contributed by atoms with Crippen LogP contribution in [0.2, 0.25) is 5.02 Å². The highest BCUT2D eigenvalue weighted by Crippen LogP contribution is 2.40. The molecule has 0 spiro atoms. The average Bonchev–Trinajstić information content (AvgIpc) is 3.08. The van der Waals surface area contributed by atoms with E-state index >= 15 is 0 Å². The fourth-order valence-electron chi connectivity index (χ4n) is 4.05. The van der Waals surface area contributed by atoms with Crippen LogP contribution >= 0.6 is 11.6 Å². The number of benzene rings is 1. The fraction of sp³-hybridized carbons (Fsp3) is 0.348. The van der Waals surface area contributed by atoms with Crippen molar-refractivity contribution in [2.45, 2.75) is 6.04 Å². The van der Waals surface area contributed by atoms with Crippen molar-refractivity contribution in [2.24, 2.45) is 0 Å². The molecule has 0 saturated carbocycles. The number of nitrogens with zero attached hydrogens (tertiary/aromatic N) is 3. The molecule has 0 radical (unpaired) electrons. The van der Waals surface area contributed by atoms with E-state index in [0.717, 1.165) is 13.1 Å². The molecule has 2 aromatic rings. The van der Waals surface area contributed by atoms with Crippen LogP contribution in [0.4, 0.5) is 0 Å². The number of carbonyl (C=O) groups excluding carboxylic acids is 2. The van der Waals surface area contributed by atoms with Gasteiger partial charge >= 0.3 is 0 Å². The molecule has 0 bridgehead atoms. The maximum absolute atomic E-state index is 13.1. The zero-order chi connectivity index (χ0) is 22.7. The summed E-state index contributed by atoms with van der Waals surface area (Å²) < 4.78 is 10.5. The van der Waals surface area contributed by atoms with Gasteiger partial charge in [-0.25, -0.2) is 0 Å². The standard InChI is InChI=1S/C23H24ClN3O5/c1-31-18-3-2-16(14-17(18)24)21(28)19-20(15-4-6-25-7-5-15)27(23(30)22(19)29)9-8-26-10-12-32-13-11-26/h2-7,14,20,28H,8-13H2,1H3/b21-19-. The number of morpholine rings is 1. The van der Waals surface area contributed by atoms with Gasteiger partial charge in [-0.05, 0) is 35.9 Å². The molecule has 1 N–H and O–H groups in total. The Morgan fingerprint density at radius 2 is 1.91 bits per heavy atom. The molecule has 1 atom stereocenters. The number of Topliss-reactive ketones (excluding diaryl/α,β-unsaturated/α-hetero) is 1. The van der Waals surface area contributed by atoms with Gasteiger partial charge < -0.3 is 19.5 Å². The Bertz CT molecular complexity index is 1040. The Morgan fingerprint density at radius 3 is 2.56 bits per heavy atom. The maximum Gasteiger partial charge on any atom is 0.295 e. The summed E-state index contributed by atoms with van der Waals surface area (Å²) in [6, 6.07) is 7.48. The zero-order valence-electron chi connectivity index (χ0n) is 17.7. The summed E-state index contributed by atoms with van der Waals surface area (Å²) in [4.78, 5) is 33.8. The first-order valence-electron chi connectivity index (χ1n) is 10.3. The van der Waals surface area contributed by atoms with Crippen molar-refractivity contribution >= 4 is 29.1 Å². The number of ketones is 1. The first kappa shape index (κ1) is 22.3. The summed E-state index contributed by atoms with van der Waals surface area (Å²) >= 11 is 6.22. The number of hydrogen-bond donors (Lipinski definition) is 1. The minimum Gasteiger partial charge on any atom is -0.507 e. The van der Waals surface area contributed by atoms with Gasteiger partial charge in [0.15, 0.2) is 0 Å². The molecule has 32 heavy (non-hydrogen) atoms. The first-order valence-corrected chi connectivity index (χ1v) is 10.7. The lowest BCUT2D eigenvalue weighted by Crippen LogP contribution is -2.42. The van der Waals surface area contributed by atoms with Gasteiger partial charge in [-0.1, -0.05) is 11.6 Å². The number of rotatable bonds is 6. The highest BCUT2D eigenvalue weighted by Gasteiger charge is 2.46. The van der Waals surface area contributed by atoms with Crippen molar-refractivity contribution < 1.29 is 24.2 Å². The Hall–Kier alpha value is -2.94. The monoisotopic (exact) mass is 457 g/mol. The molecule has 168 valence electrons. The van der Waals surface area contributed by atoms with Crippen LogP contribution in [-0.4, -0.2) is 78.1 Å². The van der Waals surface area contributed by atoms with Crippen LogP contribution in [0.25, 0.3) is 5.76 Å². The predicted molar refractivity (Wildman–Crippen MR) is 119 cm³/mol. The SMILES string of the molecule is COc1ccc(/C(O)=C2/C(=O)C(=O)N(CCN3CCOCC3)C2c2ccncc2)cc1Cl. The van der Waals surface area contributed by atoms with E-state index < -0.39 is 17.7 Å². The number of ether oxygens (including phenoxy) is 2. The summed E-state index contributed by atoms with van der Waals surface area (Å²) in [6.07, 6.45) is 3.20. The van der Waals surface area contributed by atoms with Crippen LogP contribution in [0.5, 0.6) is 5.75 Å². The number of carbonyl (C=O) groups is 2. The van der Waals surface area contributed by atoms with Crippen molar-refractivity contribution in [3.63, 3.8) is 0 Å². The largest absolute Gasteiger partial charge is 0.507 e. The molecule has 0 aliphatic carbocycles. The fourth-order valence-corrected chi connectivity index (χ4v) is 4.30. The number of amides is 1. The first-order chi connectivity index (χ1) is 15.5. The van der Waals surface area contributed by atoms with Crippen molar-refractivity contribution in [1.29, 1.82) is 0 Å². The molecule has 1 amide bonds. The van der Waals surface area contributed by atoms with E-state index in [4.69, 9.17) is 21.1 Å². The van der Waals surface area contributed by atoms with Gasteiger partial charge in [0.2, 0.25) is 0 Å². The molecule has 4 rings (SSSR count). The normalized spacial score (nSPS) is 21.2. The lowest BCUT2D eigenvalue weighted by Gasteiger charge is -2.31. The van der Waals surface area contributed by atoms with Gasteiger partial charge in [-0.3, -0.25) is 19.5 Å². The minimum atomic E-state index is -0.724. The molecule has 3 heterocycles. The second-order valence-electron chi connectivity index (χ2n) is 7.58. The molecule has 1 unspecified atom stereocenters. The second-order valence-corrected chi connectivity index (χ2v) is 7.98. The zero-order valence-corrected chi connectivity index (χ0v) is 18.4.